The molecule has 0 saturated carbocycles. The highest BCUT2D eigenvalue weighted by Crippen LogP contribution is 2.31. The molecule has 0 aliphatic carbocycles. The smallest absolute Gasteiger partial charge is 0.266 e. The lowest BCUT2D eigenvalue weighted by Gasteiger charge is -2.30. The summed E-state index contributed by atoms with van der Waals surface area (Å²) in [5, 5.41) is 12.4. The van der Waals surface area contributed by atoms with Gasteiger partial charge in [0, 0.05) is 28.3 Å². The van der Waals surface area contributed by atoms with Crippen LogP contribution in [0, 0.1) is 20.8 Å². The molecule has 8 heteroatoms. The number of carbonyl (C=O) groups is 1. The number of nitriles is 1. The number of aromatic nitrogens is 1. The molecule has 0 unspecified atom stereocenters. The summed E-state index contributed by atoms with van der Waals surface area (Å²) in [4.78, 5) is 18.8. The van der Waals surface area contributed by atoms with Crippen molar-refractivity contribution in [3.8, 4) is 17.7 Å². The van der Waals surface area contributed by atoms with E-state index in [9.17, 15) is 10.1 Å². The third-order valence-electron chi connectivity index (χ3n) is 4.69. The topological polar surface area (TPSA) is 95.3 Å². The van der Waals surface area contributed by atoms with Crippen LogP contribution in [0.1, 0.15) is 18.5 Å². The number of nitrogens with zero attached hydrogens (tertiary/aromatic N) is 3. The van der Waals surface area contributed by atoms with E-state index in [4.69, 9.17) is 8.83 Å². The Morgan fingerprint density at radius 1 is 1.29 bits per heavy atom. The lowest BCUT2D eigenvalue weighted by atomic mass is 9.96. The second-order valence-corrected chi connectivity index (χ2v) is 7.77. The number of amides is 1. The Labute approximate surface area is 175 Å². The molecule has 1 aliphatic rings. The quantitative estimate of drug-likeness (QED) is 0.552. The predicted octanol–water partition coefficient (Wildman–Crippen LogP) is 4.27. The first-order chi connectivity index (χ1) is 13.6. The molecule has 1 aromatic carbocycles. The maximum Gasteiger partial charge on any atom is 0.266 e. The zero-order valence-electron chi connectivity index (χ0n) is 14.9. The van der Waals surface area contributed by atoms with Crippen molar-refractivity contribution in [1.29, 1.82) is 5.26 Å². The number of hydrogen-bond donors (Lipinski definition) is 1. The van der Waals surface area contributed by atoms with E-state index in [0.29, 0.717) is 37.6 Å². The minimum atomic E-state index is -0.0767. The minimum Gasteiger partial charge on any atom is -0.459 e. The molecule has 0 atom stereocenters. The van der Waals surface area contributed by atoms with Crippen molar-refractivity contribution < 1.29 is 13.6 Å². The maximum atomic E-state index is 12.6. The minimum absolute atomic E-state index is 0.0241. The third-order valence-corrected chi connectivity index (χ3v) is 5.36. The zero-order valence-corrected chi connectivity index (χ0v) is 17.0. The average Bonchev–Trinajstić information content (AvgIpc) is 3.37. The highest BCUT2D eigenvalue weighted by molar-refractivity contribution is 14.1. The van der Waals surface area contributed by atoms with Gasteiger partial charge in [-0.15, -0.1) is 0 Å². The SMILES string of the molecule is N#Cc1nc(-c2ccco2)oc1N1CCC(C(=O)Nc2cccc(I)c2)CC1. The summed E-state index contributed by atoms with van der Waals surface area (Å²) >= 11 is 2.22. The molecule has 28 heavy (non-hydrogen) atoms. The van der Waals surface area contributed by atoms with Gasteiger partial charge >= 0.3 is 0 Å². The first-order valence-electron chi connectivity index (χ1n) is 8.90. The molecule has 1 aliphatic heterocycles. The van der Waals surface area contributed by atoms with Gasteiger partial charge in [-0.1, -0.05) is 6.07 Å². The summed E-state index contributed by atoms with van der Waals surface area (Å²) in [5.74, 6) is 1.15. The fourth-order valence-corrected chi connectivity index (χ4v) is 3.80. The van der Waals surface area contributed by atoms with Crippen molar-refractivity contribution in [2.75, 3.05) is 23.3 Å². The van der Waals surface area contributed by atoms with E-state index in [1.165, 1.54) is 6.26 Å². The second kappa shape index (κ2) is 8.06. The number of furan rings is 1. The molecule has 0 radical (unpaired) electrons. The van der Waals surface area contributed by atoms with Crippen LogP contribution in [0.2, 0.25) is 0 Å². The highest BCUT2D eigenvalue weighted by Gasteiger charge is 2.29. The van der Waals surface area contributed by atoms with Gasteiger partial charge in [0.1, 0.15) is 6.07 Å². The van der Waals surface area contributed by atoms with E-state index >= 15 is 0 Å². The van der Waals surface area contributed by atoms with Crippen LogP contribution in [0.4, 0.5) is 11.6 Å². The maximum absolute atomic E-state index is 12.6. The van der Waals surface area contributed by atoms with Crippen molar-refractivity contribution in [2.45, 2.75) is 12.8 Å². The molecule has 4 rings (SSSR count). The lowest BCUT2D eigenvalue weighted by Crippen LogP contribution is -2.38. The van der Waals surface area contributed by atoms with Crippen LogP contribution in [0.15, 0.2) is 51.5 Å². The van der Waals surface area contributed by atoms with Crippen LogP contribution < -0.4 is 10.2 Å². The van der Waals surface area contributed by atoms with Gasteiger partial charge in [0.15, 0.2) is 5.76 Å². The van der Waals surface area contributed by atoms with Crippen molar-refractivity contribution in [1.82, 2.24) is 4.98 Å². The zero-order chi connectivity index (χ0) is 19.5. The van der Waals surface area contributed by atoms with Gasteiger partial charge in [-0.2, -0.15) is 10.2 Å². The van der Waals surface area contributed by atoms with E-state index in [0.717, 1.165) is 9.26 Å². The van der Waals surface area contributed by atoms with Gasteiger partial charge in [0.25, 0.3) is 5.89 Å². The van der Waals surface area contributed by atoms with Crippen molar-refractivity contribution in [3.05, 3.63) is 51.9 Å². The third kappa shape index (κ3) is 3.89. The number of halogens is 1. The van der Waals surface area contributed by atoms with Gasteiger partial charge in [0.2, 0.25) is 17.5 Å². The Bertz CT molecular complexity index is 1010. The Kier molecular flexibility index (Phi) is 5.34. The number of nitrogens with one attached hydrogen (secondary N) is 1. The summed E-state index contributed by atoms with van der Waals surface area (Å²) in [7, 11) is 0. The fraction of sp³-hybridized carbons (Fsp3) is 0.250. The molecule has 3 aromatic rings. The van der Waals surface area contributed by atoms with E-state index < -0.39 is 0 Å². The standard InChI is InChI=1S/C20H17IN4O3/c21-14-3-1-4-15(11-14)23-18(26)13-6-8-25(9-7-13)20-16(12-22)24-19(28-20)17-5-2-10-27-17/h1-5,10-11,13H,6-9H2,(H,23,26). The average molecular weight is 488 g/mol. The van der Waals surface area contributed by atoms with E-state index in [1.807, 2.05) is 29.2 Å². The molecular formula is C20H17IN4O3. The van der Waals surface area contributed by atoms with Crippen molar-refractivity contribution >= 4 is 40.1 Å². The Morgan fingerprint density at radius 3 is 2.79 bits per heavy atom. The molecule has 0 spiro atoms. The second-order valence-electron chi connectivity index (χ2n) is 6.52. The van der Waals surface area contributed by atoms with Gasteiger partial charge in [0.05, 0.1) is 6.26 Å². The molecule has 1 fully saturated rings. The van der Waals surface area contributed by atoms with Gasteiger partial charge < -0.3 is 19.1 Å². The largest absolute Gasteiger partial charge is 0.459 e. The number of anilines is 2. The summed E-state index contributed by atoms with van der Waals surface area (Å²) in [6.07, 6.45) is 2.89. The molecule has 1 amide bonds. The predicted molar refractivity (Wildman–Crippen MR) is 112 cm³/mol. The number of benzene rings is 1. The lowest BCUT2D eigenvalue weighted by molar-refractivity contribution is -0.120. The molecular weight excluding hydrogens is 471 g/mol. The van der Waals surface area contributed by atoms with Crippen LogP contribution in [0.3, 0.4) is 0 Å². The van der Waals surface area contributed by atoms with Crippen molar-refractivity contribution in [2.24, 2.45) is 5.92 Å². The normalized spacial score (nSPS) is 14.6. The number of hydrogen-bond acceptors (Lipinski definition) is 6. The van der Waals surface area contributed by atoms with Crippen LogP contribution in [0.5, 0.6) is 0 Å². The van der Waals surface area contributed by atoms with Crippen LogP contribution in [-0.4, -0.2) is 24.0 Å². The van der Waals surface area contributed by atoms with Gasteiger partial charge in [-0.05, 0) is 65.8 Å². The Hall–Kier alpha value is -2.80. The van der Waals surface area contributed by atoms with E-state index in [-0.39, 0.29) is 23.4 Å². The van der Waals surface area contributed by atoms with Gasteiger partial charge in [-0.3, -0.25) is 4.79 Å². The first kappa shape index (κ1) is 18.6. The molecule has 7 nitrogen and oxygen atoms in total. The molecule has 0 bridgehead atoms. The first-order valence-corrected chi connectivity index (χ1v) is 9.98. The molecule has 1 N–H and O–H groups in total. The Balaban J connectivity index is 1.41. The van der Waals surface area contributed by atoms with E-state index in [2.05, 4.69) is 39.0 Å². The van der Waals surface area contributed by atoms with E-state index in [1.54, 1.807) is 12.1 Å². The molecule has 3 heterocycles. The fourth-order valence-electron chi connectivity index (χ4n) is 3.26. The number of carbonyl (C=O) groups excluding carboxylic acids is 1. The van der Waals surface area contributed by atoms with Crippen LogP contribution in [-0.2, 0) is 4.79 Å². The number of oxazole rings is 1. The summed E-state index contributed by atoms with van der Waals surface area (Å²) in [5.41, 5.74) is 1.04. The molecule has 1 saturated heterocycles. The van der Waals surface area contributed by atoms with Crippen LogP contribution in [0.25, 0.3) is 11.7 Å². The summed E-state index contributed by atoms with van der Waals surface area (Å²) in [6.45, 7) is 1.23. The highest BCUT2D eigenvalue weighted by atomic mass is 127. The van der Waals surface area contributed by atoms with Crippen LogP contribution >= 0.6 is 22.6 Å². The monoisotopic (exact) mass is 488 g/mol. The van der Waals surface area contributed by atoms with Crippen molar-refractivity contribution in [3.63, 3.8) is 0 Å². The summed E-state index contributed by atoms with van der Waals surface area (Å²) in [6, 6.07) is 13.3. The summed E-state index contributed by atoms with van der Waals surface area (Å²) < 4.78 is 12.2. The molecule has 2 aromatic heterocycles. The Morgan fingerprint density at radius 2 is 2.11 bits per heavy atom. The number of rotatable bonds is 4. The molecule has 142 valence electrons. The number of piperidine rings is 1. The van der Waals surface area contributed by atoms with Gasteiger partial charge in [-0.25, -0.2) is 0 Å².